The van der Waals surface area contributed by atoms with Crippen molar-refractivity contribution in [3.05, 3.63) is 30.3 Å². The lowest BCUT2D eigenvalue weighted by Crippen LogP contribution is -2.70. The van der Waals surface area contributed by atoms with Crippen LogP contribution in [0, 0.1) is 53.3 Å². The van der Waals surface area contributed by atoms with Crippen LogP contribution < -0.4 is 5.32 Å². The van der Waals surface area contributed by atoms with Crippen LogP contribution >= 0.6 is 0 Å². The predicted molar refractivity (Wildman–Crippen MR) is 181 cm³/mol. The Morgan fingerprint density at radius 3 is 1.61 bits per heavy atom. The number of anilines is 1. The third kappa shape index (κ3) is 5.22. The Bertz CT molecular complexity index is 1290. The molecule has 0 aromatic heterocycles. The minimum Gasteiger partial charge on any atom is -0.385 e. The third-order valence-corrected chi connectivity index (χ3v) is 15.1. The van der Waals surface area contributed by atoms with Crippen LogP contribution in [0.15, 0.2) is 30.3 Å². The van der Waals surface area contributed by atoms with Crippen molar-refractivity contribution in [2.24, 2.45) is 53.3 Å². The Morgan fingerprint density at radius 1 is 0.633 bits per heavy atom. The summed E-state index contributed by atoms with van der Waals surface area (Å²) in [7, 11) is 0. The standard InChI is InChI=1S/C40H59NO8/c1-23-12-14-31-25(3)33(42-35-39(31)29(23)16-18-37(5,44-35)46-48-39)20-27(22-41-28-10-8-7-9-11-28)21-34-26(4)32-15-13-24(2)30-17-19-38(6)45-36(43-34)40(30,32)49-47-38/h7-11,23-27,29-36,41H,12-22H2,1-6H3/t23-,24-,25-,26-,29+,30+,31+,32+,33-,34-,35-,36-,37-,38-,39-,40-/m1/s1. The Balaban J connectivity index is 0.995. The number of para-hydroxylation sites is 1. The molecule has 11 rings (SSSR count). The number of benzene rings is 1. The molecule has 272 valence electrons. The monoisotopic (exact) mass is 681 g/mol. The molecule has 1 aromatic rings. The van der Waals surface area contributed by atoms with E-state index in [0.29, 0.717) is 53.3 Å². The van der Waals surface area contributed by atoms with E-state index in [0.717, 1.165) is 63.6 Å². The molecule has 0 unspecified atom stereocenters. The molecular weight excluding hydrogens is 622 g/mol. The maximum absolute atomic E-state index is 7.13. The summed E-state index contributed by atoms with van der Waals surface area (Å²) in [6.45, 7) is 14.4. The molecule has 16 atom stereocenters. The van der Waals surface area contributed by atoms with Crippen molar-refractivity contribution in [1.29, 1.82) is 0 Å². The predicted octanol–water partition coefficient (Wildman–Crippen LogP) is 8.00. The lowest BCUT2D eigenvalue weighted by atomic mass is 9.56. The molecule has 4 bridgehead atoms. The highest BCUT2D eigenvalue weighted by Gasteiger charge is 2.71. The molecular formula is C40H59NO8. The first-order chi connectivity index (χ1) is 23.5. The van der Waals surface area contributed by atoms with E-state index in [-0.39, 0.29) is 12.2 Å². The molecule has 2 saturated carbocycles. The third-order valence-electron chi connectivity index (χ3n) is 15.1. The molecule has 1 aromatic carbocycles. The molecule has 1 N–H and O–H groups in total. The second-order valence-corrected chi connectivity index (χ2v) is 18.0. The van der Waals surface area contributed by atoms with Crippen molar-refractivity contribution in [3.8, 4) is 0 Å². The van der Waals surface area contributed by atoms with Gasteiger partial charge in [0.1, 0.15) is 0 Å². The first-order valence-corrected chi connectivity index (χ1v) is 19.7. The van der Waals surface area contributed by atoms with E-state index in [4.69, 9.17) is 38.5 Å². The SMILES string of the molecule is C[C@H]1[C@@H](CC(CNc2ccccc2)C[C@H]2O[C@@H]3O[C@@]4(C)CC[C@H]5[C@H](C)CC[C@@H]([C@H]2C)[C@@]35OO4)O[C@@H]2O[C@@]3(C)CC[C@H]4[C@H](C)CC[C@@H]1[C@@]24OO3. The number of rotatable bonds is 7. The van der Waals surface area contributed by atoms with Gasteiger partial charge in [0.2, 0.25) is 11.6 Å². The van der Waals surface area contributed by atoms with Crippen molar-refractivity contribution in [2.75, 3.05) is 11.9 Å². The minimum absolute atomic E-state index is 0.0368. The molecule has 8 heterocycles. The van der Waals surface area contributed by atoms with Gasteiger partial charge >= 0.3 is 0 Å². The quantitative estimate of drug-likeness (QED) is 0.288. The van der Waals surface area contributed by atoms with Crippen molar-refractivity contribution in [1.82, 2.24) is 0 Å². The Labute approximate surface area is 292 Å². The van der Waals surface area contributed by atoms with Gasteiger partial charge < -0.3 is 24.3 Å². The van der Waals surface area contributed by atoms with E-state index >= 15 is 0 Å². The Kier molecular flexibility index (Phi) is 8.29. The van der Waals surface area contributed by atoms with Crippen molar-refractivity contribution < 1.29 is 38.5 Å². The molecule has 0 amide bonds. The molecule has 49 heavy (non-hydrogen) atoms. The molecule has 2 spiro atoms. The van der Waals surface area contributed by atoms with Crippen LogP contribution in [-0.4, -0.2) is 54.1 Å². The number of hydrogen-bond acceptors (Lipinski definition) is 9. The van der Waals surface area contributed by atoms with Crippen molar-refractivity contribution >= 4 is 5.69 Å². The second-order valence-electron chi connectivity index (χ2n) is 18.0. The molecule has 8 saturated heterocycles. The van der Waals surface area contributed by atoms with Gasteiger partial charge in [-0.15, -0.1) is 0 Å². The van der Waals surface area contributed by atoms with Crippen LogP contribution in [0.4, 0.5) is 5.69 Å². The van der Waals surface area contributed by atoms with Gasteiger partial charge in [0.15, 0.2) is 23.8 Å². The van der Waals surface area contributed by atoms with Crippen LogP contribution in [0.1, 0.15) is 106 Å². The Hall–Kier alpha value is -1.30. The van der Waals surface area contributed by atoms with Gasteiger partial charge in [-0.05, 0) is 119 Å². The molecule has 8 aliphatic heterocycles. The first-order valence-electron chi connectivity index (χ1n) is 19.7. The lowest BCUT2D eigenvalue weighted by Gasteiger charge is -2.61. The van der Waals surface area contributed by atoms with Crippen LogP contribution in [0.3, 0.4) is 0 Å². The number of nitrogens with one attached hydrogen (secondary N) is 1. The number of fused-ring (bicyclic) bond motifs is 4. The van der Waals surface area contributed by atoms with E-state index in [1.54, 1.807) is 0 Å². The zero-order chi connectivity index (χ0) is 33.8. The highest BCUT2D eigenvalue weighted by Crippen LogP contribution is 2.63. The van der Waals surface area contributed by atoms with E-state index in [1.807, 2.05) is 13.8 Å². The van der Waals surface area contributed by atoms with Crippen molar-refractivity contribution in [2.45, 2.75) is 153 Å². The average Bonchev–Trinajstić information content (AvgIpc) is 3.46. The van der Waals surface area contributed by atoms with Crippen LogP contribution in [0.5, 0.6) is 0 Å². The van der Waals surface area contributed by atoms with Gasteiger partial charge in [0.05, 0.1) is 12.2 Å². The van der Waals surface area contributed by atoms with Crippen LogP contribution in [-0.2, 0) is 38.5 Å². The summed E-state index contributed by atoms with van der Waals surface area (Å²) < 4.78 is 27.7. The summed E-state index contributed by atoms with van der Waals surface area (Å²) in [5.41, 5.74) is 0.0546. The lowest BCUT2D eigenvalue weighted by molar-refractivity contribution is -0.571. The number of hydrogen-bond donors (Lipinski definition) is 1. The van der Waals surface area contributed by atoms with Gasteiger partial charge in [-0.1, -0.05) is 45.9 Å². The first kappa shape index (κ1) is 33.5. The number of ether oxygens (including phenoxy) is 4. The molecule has 0 radical (unpaired) electrons. The minimum atomic E-state index is -0.770. The molecule has 2 aliphatic carbocycles. The Morgan fingerprint density at radius 2 is 1.12 bits per heavy atom. The fourth-order valence-corrected chi connectivity index (χ4v) is 12.2. The zero-order valence-electron chi connectivity index (χ0n) is 30.4. The van der Waals surface area contributed by atoms with Crippen molar-refractivity contribution in [3.63, 3.8) is 0 Å². The summed E-state index contributed by atoms with van der Waals surface area (Å²) in [6.07, 6.45) is 9.44. The van der Waals surface area contributed by atoms with Gasteiger partial charge in [-0.2, -0.15) is 0 Å². The van der Waals surface area contributed by atoms with Crippen LogP contribution in [0.25, 0.3) is 0 Å². The summed E-state index contributed by atoms with van der Waals surface area (Å²) in [6, 6.07) is 10.6. The van der Waals surface area contributed by atoms with Gasteiger partial charge in [-0.3, -0.25) is 0 Å². The fraction of sp³-hybridized carbons (Fsp3) is 0.850. The molecule has 10 aliphatic rings. The van der Waals surface area contributed by atoms with E-state index in [9.17, 15) is 0 Å². The molecule has 9 nitrogen and oxygen atoms in total. The largest absolute Gasteiger partial charge is 0.385 e. The molecule has 9 heteroatoms. The van der Waals surface area contributed by atoms with Gasteiger partial charge in [-0.25, -0.2) is 19.6 Å². The normalized spacial score (nSPS) is 53.5. The molecule has 10 fully saturated rings. The summed E-state index contributed by atoms with van der Waals surface area (Å²) in [5, 5.41) is 3.79. The smallest absolute Gasteiger partial charge is 0.201 e. The second kappa shape index (κ2) is 12.1. The van der Waals surface area contributed by atoms with E-state index < -0.39 is 35.4 Å². The highest BCUT2D eigenvalue weighted by molar-refractivity contribution is 5.42. The summed E-state index contributed by atoms with van der Waals surface area (Å²) in [4.78, 5) is 25.2. The topological polar surface area (TPSA) is 85.9 Å². The zero-order valence-corrected chi connectivity index (χ0v) is 30.4. The fourth-order valence-electron chi connectivity index (χ4n) is 12.2. The summed E-state index contributed by atoms with van der Waals surface area (Å²) >= 11 is 0. The van der Waals surface area contributed by atoms with Gasteiger partial charge in [0, 0.05) is 36.9 Å². The summed E-state index contributed by atoms with van der Waals surface area (Å²) in [5.74, 6) is 1.85. The maximum Gasteiger partial charge on any atom is 0.201 e. The van der Waals surface area contributed by atoms with Crippen LogP contribution in [0.2, 0.25) is 0 Å². The van der Waals surface area contributed by atoms with Gasteiger partial charge in [0.25, 0.3) is 0 Å². The average molecular weight is 682 g/mol. The van der Waals surface area contributed by atoms with E-state index in [2.05, 4.69) is 63.3 Å². The highest BCUT2D eigenvalue weighted by atomic mass is 17.3. The maximum atomic E-state index is 7.13. The van der Waals surface area contributed by atoms with E-state index in [1.165, 1.54) is 12.8 Å².